The van der Waals surface area contributed by atoms with Crippen LogP contribution in [0.25, 0.3) is 0 Å². The van der Waals surface area contributed by atoms with E-state index in [4.69, 9.17) is 23.2 Å². The third-order valence-corrected chi connectivity index (χ3v) is 4.60. The van der Waals surface area contributed by atoms with Gasteiger partial charge in [0.15, 0.2) is 0 Å². The minimum atomic E-state index is -0.322. The molecule has 1 aliphatic heterocycles. The third-order valence-electron chi connectivity index (χ3n) is 3.86. The van der Waals surface area contributed by atoms with Crippen molar-refractivity contribution in [1.82, 2.24) is 9.80 Å². The summed E-state index contributed by atoms with van der Waals surface area (Å²) < 4.78 is 0. The van der Waals surface area contributed by atoms with Crippen LogP contribution < -0.4 is 0 Å². The molecule has 0 unspecified atom stereocenters. The Morgan fingerprint density at radius 1 is 1.23 bits per heavy atom. The van der Waals surface area contributed by atoms with E-state index >= 15 is 0 Å². The first-order valence-electron chi connectivity index (χ1n) is 7.58. The Morgan fingerprint density at radius 2 is 1.91 bits per heavy atom. The van der Waals surface area contributed by atoms with Crippen molar-refractivity contribution in [2.75, 3.05) is 32.7 Å². The highest BCUT2D eigenvalue weighted by Gasteiger charge is 2.21. The van der Waals surface area contributed by atoms with E-state index in [-0.39, 0.29) is 12.0 Å². The van der Waals surface area contributed by atoms with Gasteiger partial charge in [0.25, 0.3) is 0 Å². The number of aryl methyl sites for hydroxylation is 1. The van der Waals surface area contributed by atoms with Gasteiger partial charge in [0.1, 0.15) is 0 Å². The van der Waals surface area contributed by atoms with Crippen molar-refractivity contribution in [2.45, 2.75) is 25.9 Å². The molecule has 6 heteroatoms. The molecule has 1 heterocycles. The summed E-state index contributed by atoms with van der Waals surface area (Å²) >= 11 is 11.9. The molecular formula is C16H22Cl2N2O2. The number of carbonyl (C=O) groups is 1. The monoisotopic (exact) mass is 344 g/mol. The molecule has 1 atom stereocenters. The fourth-order valence-corrected chi connectivity index (χ4v) is 2.98. The largest absolute Gasteiger partial charge is 0.392 e. The van der Waals surface area contributed by atoms with Crippen molar-refractivity contribution in [3.8, 4) is 0 Å². The number of carbonyl (C=O) groups excluding carboxylic acids is 1. The van der Waals surface area contributed by atoms with Gasteiger partial charge < -0.3 is 10.0 Å². The van der Waals surface area contributed by atoms with Crippen LogP contribution in [0.4, 0.5) is 0 Å². The first kappa shape index (κ1) is 17.5. The summed E-state index contributed by atoms with van der Waals surface area (Å²) in [5.74, 6) is 0.169. The van der Waals surface area contributed by atoms with Crippen molar-refractivity contribution in [1.29, 1.82) is 0 Å². The highest BCUT2D eigenvalue weighted by molar-refractivity contribution is 6.42. The number of halogens is 2. The summed E-state index contributed by atoms with van der Waals surface area (Å²) in [5.41, 5.74) is 1.02. The molecule has 1 N–H and O–H groups in total. The normalized spacial score (nSPS) is 17.5. The Hall–Kier alpha value is -0.810. The molecule has 122 valence electrons. The molecule has 0 aromatic heterocycles. The maximum Gasteiger partial charge on any atom is 0.222 e. The van der Waals surface area contributed by atoms with Gasteiger partial charge in [-0.15, -0.1) is 0 Å². The molecule has 1 aromatic carbocycles. The summed E-state index contributed by atoms with van der Waals surface area (Å²) in [6.07, 6.45) is 0.828. The van der Waals surface area contributed by atoms with Crippen LogP contribution >= 0.6 is 23.2 Å². The molecule has 0 bridgehead atoms. The molecule has 0 spiro atoms. The Balaban J connectivity index is 1.77. The number of piperazine rings is 1. The Kier molecular flexibility index (Phi) is 6.50. The van der Waals surface area contributed by atoms with Crippen LogP contribution in [0.3, 0.4) is 0 Å². The van der Waals surface area contributed by atoms with E-state index in [9.17, 15) is 9.90 Å². The van der Waals surface area contributed by atoms with Crippen LogP contribution in [-0.4, -0.2) is 59.6 Å². The van der Waals surface area contributed by atoms with E-state index in [0.29, 0.717) is 29.4 Å². The molecule has 2 rings (SSSR count). The van der Waals surface area contributed by atoms with Gasteiger partial charge in [-0.2, -0.15) is 0 Å². The van der Waals surface area contributed by atoms with Gasteiger partial charge in [-0.05, 0) is 31.0 Å². The zero-order valence-electron chi connectivity index (χ0n) is 12.8. The summed E-state index contributed by atoms with van der Waals surface area (Å²) in [6, 6.07) is 5.48. The quantitative estimate of drug-likeness (QED) is 0.892. The number of benzene rings is 1. The Bertz CT molecular complexity index is 515. The first-order valence-corrected chi connectivity index (χ1v) is 8.33. The van der Waals surface area contributed by atoms with Crippen molar-refractivity contribution in [3.63, 3.8) is 0 Å². The van der Waals surface area contributed by atoms with Gasteiger partial charge in [0, 0.05) is 39.1 Å². The van der Waals surface area contributed by atoms with Gasteiger partial charge in [0.2, 0.25) is 5.91 Å². The molecule has 22 heavy (non-hydrogen) atoms. The fourth-order valence-electron chi connectivity index (χ4n) is 2.66. The van der Waals surface area contributed by atoms with E-state index in [1.54, 1.807) is 13.0 Å². The lowest BCUT2D eigenvalue weighted by Crippen LogP contribution is -2.50. The van der Waals surface area contributed by atoms with Crippen LogP contribution in [0.2, 0.25) is 10.0 Å². The third kappa shape index (κ3) is 5.13. The van der Waals surface area contributed by atoms with Gasteiger partial charge >= 0.3 is 0 Å². The minimum Gasteiger partial charge on any atom is -0.392 e. The highest BCUT2D eigenvalue weighted by Crippen LogP contribution is 2.23. The number of aliphatic hydroxyl groups excluding tert-OH is 1. The molecule has 1 fully saturated rings. The maximum atomic E-state index is 12.3. The fraction of sp³-hybridized carbons (Fsp3) is 0.562. The Morgan fingerprint density at radius 3 is 2.50 bits per heavy atom. The lowest BCUT2D eigenvalue weighted by Gasteiger charge is -2.35. The Labute approximate surface area is 141 Å². The van der Waals surface area contributed by atoms with Crippen LogP contribution in [0, 0.1) is 0 Å². The second-order valence-electron chi connectivity index (χ2n) is 5.78. The average Bonchev–Trinajstić information content (AvgIpc) is 2.48. The minimum absolute atomic E-state index is 0.169. The number of hydrogen-bond donors (Lipinski definition) is 1. The number of amides is 1. The number of rotatable bonds is 5. The predicted octanol–water partition coefficient (Wildman–Crippen LogP) is 2.45. The molecule has 0 aliphatic carbocycles. The number of hydrogen-bond acceptors (Lipinski definition) is 3. The predicted molar refractivity (Wildman–Crippen MR) is 89.5 cm³/mol. The summed E-state index contributed by atoms with van der Waals surface area (Å²) in [5, 5.41) is 10.4. The molecule has 0 saturated carbocycles. The lowest BCUT2D eigenvalue weighted by atomic mass is 10.1. The molecule has 0 radical (unpaired) electrons. The van der Waals surface area contributed by atoms with Crippen LogP contribution in [0.1, 0.15) is 18.9 Å². The molecule has 1 amide bonds. The van der Waals surface area contributed by atoms with Gasteiger partial charge in [-0.25, -0.2) is 0 Å². The average molecular weight is 345 g/mol. The second kappa shape index (κ2) is 8.16. The zero-order valence-corrected chi connectivity index (χ0v) is 14.3. The van der Waals surface area contributed by atoms with E-state index in [0.717, 1.165) is 31.7 Å². The van der Waals surface area contributed by atoms with Gasteiger partial charge in [-0.3, -0.25) is 9.69 Å². The van der Waals surface area contributed by atoms with Crippen molar-refractivity contribution in [3.05, 3.63) is 33.8 Å². The zero-order chi connectivity index (χ0) is 16.1. The van der Waals surface area contributed by atoms with E-state index in [2.05, 4.69) is 4.90 Å². The van der Waals surface area contributed by atoms with Gasteiger partial charge in [-0.1, -0.05) is 29.3 Å². The smallest absolute Gasteiger partial charge is 0.222 e. The number of aliphatic hydroxyl groups is 1. The lowest BCUT2D eigenvalue weighted by molar-refractivity contribution is -0.133. The van der Waals surface area contributed by atoms with E-state index in [1.807, 2.05) is 17.0 Å². The summed E-state index contributed by atoms with van der Waals surface area (Å²) in [4.78, 5) is 16.3. The molecule has 1 aromatic rings. The van der Waals surface area contributed by atoms with Crippen LogP contribution in [-0.2, 0) is 11.2 Å². The van der Waals surface area contributed by atoms with Crippen molar-refractivity contribution in [2.24, 2.45) is 0 Å². The van der Waals surface area contributed by atoms with Gasteiger partial charge in [0.05, 0.1) is 16.1 Å². The summed E-state index contributed by atoms with van der Waals surface area (Å²) in [7, 11) is 0. The standard InChI is InChI=1S/C16H22Cl2N2O2/c1-12(21)11-19-6-8-20(9-7-19)16(22)5-3-13-2-4-14(17)15(18)10-13/h2,4,10,12,21H,3,5-9,11H2,1H3/t12-/m0/s1. The second-order valence-corrected chi connectivity index (χ2v) is 6.59. The molecule has 1 aliphatic rings. The topological polar surface area (TPSA) is 43.8 Å². The highest BCUT2D eigenvalue weighted by atomic mass is 35.5. The van der Waals surface area contributed by atoms with E-state index in [1.165, 1.54) is 0 Å². The summed E-state index contributed by atoms with van der Waals surface area (Å²) in [6.45, 7) is 5.56. The number of nitrogens with zero attached hydrogens (tertiary/aromatic N) is 2. The van der Waals surface area contributed by atoms with Crippen LogP contribution in [0.15, 0.2) is 18.2 Å². The first-order chi connectivity index (χ1) is 10.5. The SMILES string of the molecule is C[C@H](O)CN1CCN(C(=O)CCc2ccc(Cl)c(Cl)c2)CC1. The molecular weight excluding hydrogens is 323 g/mol. The molecule has 1 saturated heterocycles. The molecule has 4 nitrogen and oxygen atoms in total. The van der Waals surface area contributed by atoms with Crippen molar-refractivity contribution < 1.29 is 9.90 Å². The van der Waals surface area contributed by atoms with Crippen LogP contribution in [0.5, 0.6) is 0 Å². The van der Waals surface area contributed by atoms with Crippen molar-refractivity contribution >= 4 is 29.1 Å². The van der Waals surface area contributed by atoms with E-state index < -0.39 is 0 Å². The maximum absolute atomic E-state index is 12.3. The number of β-amino-alcohol motifs (C(OH)–C–C–N with tert-alkyl or cyclic N) is 1.